The van der Waals surface area contributed by atoms with Crippen molar-refractivity contribution in [3.8, 4) is 6.07 Å². The number of nitrogens with zero attached hydrogens (tertiary/aromatic N) is 2. The van der Waals surface area contributed by atoms with Crippen LogP contribution in [0.1, 0.15) is 18.4 Å². The van der Waals surface area contributed by atoms with Crippen LogP contribution >= 0.6 is 11.6 Å². The number of hydrogen-bond donors (Lipinski definition) is 1. The highest BCUT2D eigenvalue weighted by molar-refractivity contribution is 6.34. The molecule has 1 N–H and O–H groups in total. The molecule has 1 fully saturated rings. The first-order chi connectivity index (χ1) is 7.22. The Morgan fingerprint density at radius 3 is 2.80 bits per heavy atom. The molecule has 0 radical (unpaired) electrons. The predicted molar refractivity (Wildman–Crippen MR) is 60.5 cm³/mol. The minimum atomic E-state index is 0.542. The molecule has 76 valence electrons. The van der Waals surface area contributed by atoms with Gasteiger partial charge in [0.05, 0.1) is 22.3 Å². The van der Waals surface area contributed by atoms with Crippen molar-refractivity contribution < 1.29 is 0 Å². The number of nitrogens with one attached hydrogen (secondary N) is 1. The van der Waals surface area contributed by atoms with Gasteiger partial charge in [-0.2, -0.15) is 5.26 Å². The summed E-state index contributed by atoms with van der Waals surface area (Å²) in [6.45, 7) is 0.838. The van der Waals surface area contributed by atoms with Crippen molar-refractivity contribution in [2.45, 2.75) is 12.8 Å². The lowest BCUT2D eigenvalue weighted by atomic mass is 10.2. The van der Waals surface area contributed by atoms with Crippen molar-refractivity contribution in [2.75, 3.05) is 11.4 Å². The minimum Gasteiger partial charge on any atom is -0.329 e. The molecule has 2 rings (SSSR count). The van der Waals surface area contributed by atoms with Gasteiger partial charge < -0.3 is 4.90 Å². The Labute approximate surface area is 93.4 Å². The third kappa shape index (κ3) is 1.81. The molecule has 0 saturated carbocycles. The van der Waals surface area contributed by atoms with Gasteiger partial charge in [-0.15, -0.1) is 0 Å². The second-order valence-electron chi connectivity index (χ2n) is 3.48. The van der Waals surface area contributed by atoms with E-state index in [0.29, 0.717) is 16.4 Å². The van der Waals surface area contributed by atoms with Crippen molar-refractivity contribution in [2.24, 2.45) is 0 Å². The summed E-state index contributed by atoms with van der Waals surface area (Å²) in [5.74, 6) is 0.599. The molecule has 15 heavy (non-hydrogen) atoms. The fraction of sp³-hybridized carbons (Fsp3) is 0.273. The first kappa shape index (κ1) is 10.0. The van der Waals surface area contributed by atoms with Crippen LogP contribution in [-0.4, -0.2) is 12.4 Å². The second kappa shape index (κ2) is 3.92. The third-order valence-corrected chi connectivity index (χ3v) is 2.79. The Morgan fingerprint density at radius 1 is 1.47 bits per heavy atom. The van der Waals surface area contributed by atoms with Crippen LogP contribution in [0.25, 0.3) is 0 Å². The number of halogens is 1. The van der Waals surface area contributed by atoms with E-state index in [0.717, 1.165) is 25.1 Å². The monoisotopic (exact) mass is 219 g/mol. The van der Waals surface area contributed by atoms with Gasteiger partial charge in [0.1, 0.15) is 5.84 Å². The van der Waals surface area contributed by atoms with Crippen LogP contribution in [0.3, 0.4) is 0 Å². The fourth-order valence-electron chi connectivity index (χ4n) is 1.74. The van der Waals surface area contributed by atoms with Crippen LogP contribution in [0.5, 0.6) is 0 Å². The first-order valence-corrected chi connectivity index (χ1v) is 5.15. The van der Waals surface area contributed by atoms with Gasteiger partial charge in [0, 0.05) is 13.0 Å². The van der Waals surface area contributed by atoms with E-state index < -0.39 is 0 Å². The Bertz CT molecular complexity index is 448. The molecule has 1 aliphatic rings. The van der Waals surface area contributed by atoms with Crippen molar-refractivity contribution in [1.29, 1.82) is 10.7 Å². The molecule has 4 heteroatoms. The van der Waals surface area contributed by atoms with Gasteiger partial charge >= 0.3 is 0 Å². The van der Waals surface area contributed by atoms with Crippen molar-refractivity contribution in [1.82, 2.24) is 0 Å². The average molecular weight is 220 g/mol. The van der Waals surface area contributed by atoms with Crippen molar-refractivity contribution >= 4 is 23.1 Å². The quantitative estimate of drug-likeness (QED) is 0.790. The molecular weight excluding hydrogens is 210 g/mol. The number of amidine groups is 1. The van der Waals surface area contributed by atoms with Gasteiger partial charge in [-0.05, 0) is 24.6 Å². The highest BCUT2D eigenvalue weighted by Crippen LogP contribution is 2.29. The maximum Gasteiger partial charge on any atom is 0.100 e. The lowest BCUT2D eigenvalue weighted by Gasteiger charge is -2.19. The topological polar surface area (TPSA) is 50.9 Å². The van der Waals surface area contributed by atoms with Crippen LogP contribution in [0, 0.1) is 16.7 Å². The Morgan fingerprint density at radius 2 is 2.27 bits per heavy atom. The summed E-state index contributed by atoms with van der Waals surface area (Å²) in [6, 6.07) is 7.22. The van der Waals surface area contributed by atoms with Crippen LogP contribution in [-0.2, 0) is 0 Å². The molecule has 0 spiro atoms. The molecule has 1 aromatic carbocycles. The highest BCUT2D eigenvalue weighted by atomic mass is 35.5. The molecular formula is C11H10ClN3. The Balaban J connectivity index is 2.37. The molecule has 0 amide bonds. The van der Waals surface area contributed by atoms with Gasteiger partial charge in [0.15, 0.2) is 0 Å². The smallest absolute Gasteiger partial charge is 0.100 e. The summed E-state index contributed by atoms with van der Waals surface area (Å²) >= 11 is 6.06. The molecule has 1 heterocycles. The van der Waals surface area contributed by atoms with Crippen molar-refractivity contribution in [3.63, 3.8) is 0 Å². The van der Waals surface area contributed by atoms with Gasteiger partial charge in [-0.25, -0.2) is 0 Å². The van der Waals surface area contributed by atoms with Gasteiger partial charge in [-0.3, -0.25) is 5.41 Å². The molecule has 1 saturated heterocycles. The van der Waals surface area contributed by atoms with E-state index >= 15 is 0 Å². The lowest BCUT2D eigenvalue weighted by Crippen LogP contribution is -2.23. The molecule has 0 atom stereocenters. The summed E-state index contributed by atoms with van der Waals surface area (Å²) in [6.07, 6.45) is 1.80. The Kier molecular flexibility index (Phi) is 2.61. The molecule has 0 aromatic heterocycles. The summed E-state index contributed by atoms with van der Waals surface area (Å²) in [5, 5.41) is 17.0. The number of anilines is 1. The molecule has 3 nitrogen and oxygen atoms in total. The number of hydrogen-bond acceptors (Lipinski definition) is 2. The van der Waals surface area contributed by atoms with E-state index in [4.69, 9.17) is 22.3 Å². The van der Waals surface area contributed by atoms with Gasteiger partial charge in [0.25, 0.3) is 0 Å². The molecule has 1 aliphatic heterocycles. The number of benzene rings is 1. The molecule has 0 aliphatic carbocycles. The lowest BCUT2D eigenvalue weighted by molar-refractivity contribution is 0.956. The standard InChI is InChI=1S/C11H10ClN3/c12-9-6-8(7-13)3-4-10(9)15-5-1-2-11(15)14/h3-4,6,14H,1-2,5H2. The first-order valence-electron chi connectivity index (χ1n) is 4.77. The van der Waals surface area contributed by atoms with Crippen LogP contribution in [0.2, 0.25) is 5.02 Å². The molecule has 0 bridgehead atoms. The van der Waals surface area contributed by atoms with E-state index in [1.165, 1.54) is 0 Å². The highest BCUT2D eigenvalue weighted by Gasteiger charge is 2.20. The minimum absolute atomic E-state index is 0.542. The van der Waals surface area contributed by atoms with E-state index in [-0.39, 0.29) is 0 Å². The van der Waals surface area contributed by atoms with Crippen LogP contribution in [0.15, 0.2) is 18.2 Å². The zero-order valence-corrected chi connectivity index (χ0v) is 8.88. The zero-order valence-electron chi connectivity index (χ0n) is 8.13. The second-order valence-corrected chi connectivity index (χ2v) is 3.89. The van der Waals surface area contributed by atoms with Crippen molar-refractivity contribution in [3.05, 3.63) is 28.8 Å². The Hall–Kier alpha value is -1.53. The average Bonchev–Trinajstić information content (AvgIpc) is 2.64. The summed E-state index contributed by atoms with van der Waals surface area (Å²) in [7, 11) is 0. The number of rotatable bonds is 1. The fourth-order valence-corrected chi connectivity index (χ4v) is 2.02. The van der Waals surface area contributed by atoms with E-state index in [2.05, 4.69) is 0 Å². The third-order valence-electron chi connectivity index (χ3n) is 2.49. The van der Waals surface area contributed by atoms with E-state index in [1.807, 2.05) is 11.0 Å². The van der Waals surface area contributed by atoms with Gasteiger partial charge in [-0.1, -0.05) is 11.6 Å². The predicted octanol–water partition coefficient (Wildman–Crippen LogP) is 2.79. The summed E-state index contributed by atoms with van der Waals surface area (Å²) in [4.78, 5) is 1.89. The maximum atomic E-state index is 8.71. The van der Waals surface area contributed by atoms with E-state index in [9.17, 15) is 0 Å². The van der Waals surface area contributed by atoms with Crippen LogP contribution < -0.4 is 4.90 Å². The van der Waals surface area contributed by atoms with E-state index in [1.54, 1.807) is 18.2 Å². The molecule has 1 aromatic rings. The largest absolute Gasteiger partial charge is 0.329 e. The van der Waals surface area contributed by atoms with Gasteiger partial charge in [0.2, 0.25) is 0 Å². The normalized spacial score (nSPS) is 15.5. The van der Waals surface area contributed by atoms with Crippen LogP contribution in [0.4, 0.5) is 5.69 Å². The maximum absolute atomic E-state index is 8.71. The SMILES string of the molecule is N#Cc1ccc(N2CCCC2=N)c(Cl)c1. The summed E-state index contributed by atoms with van der Waals surface area (Å²) < 4.78 is 0. The molecule has 0 unspecified atom stereocenters. The summed E-state index contributed by atoms with van der Waals surface area (Å²) in [5.41, 5.74) is 1.38. The zero-order chi connectivity index (χ0) is 10.8. The number of nitriles is 1.